The van der Waals surface area contributed by atoms with Crippen molar-refractivity contribution in [3.05, 3.63) is 40.3 Å². The summed E-state index contributed by atoms with van der Waals surface area (Å²) in [5.41, 5.74) is 8.33. The number of carbonyl (C=O) groups excluding carboxylic acids is 1. The van der Waals surface area contributed by atoms with Crippen molar-refractivity contribution in [3.63, 3.8) is 0 Å². The maximum absolute atomic E-state index is 11.9. The van der Waals surface area contributed by atoms with Crippen LogP contribution in [0.4, 0.5) is 5.82 Å². The lowest BCUT2D eigenvalue weighted by molar-refractivity contribution is 0.0435. The number of hydrogen-bond acceptors (Lipinski definition) is 7. The van der Waals surface area contributed by atoms with Gasteiger partial charge in [-0.25, -0.2) is 14.8 Å². The summed E-state index contributed by atoms with van der Waals surface area (Å²) in [4.78, 5) is 22.9. The van der Waals surface area contributed by atoms with E-state index in [4.69, 9.17) is 15.7 Å². The summed E-state index contributed by atoms with van der Waals surface area (Å²) in [6.45, 7) is 5.56. The summed E-state index contributed by atoms with van der Waals surface area (Å²) in [5.74, 6) is 0.422. The minimum atomic E-state index is -0.789. The van der Waals surface area contributed by atoms with Gasteiger partial charge in [-0.1, -0.05) is 12.1 Å². The van der Waals surface area contributed by atoms with Gasteiger partial charge in [0.25, 0.3) is 0 Å². The summed E-state index contributed by atoms with van der Waals surface area (Å²) < 4.78 is 4.97. The van der Waals surface area contributed by atoms with Crippen molar-refractivity contribution in [1.82, 2.24) is 9.97 Å². The molecule has 1 atom stereocenters. The van der Waals surface area contributed by atoms with Crippen LogP contribution in [-0.2, 0) is 4.74 Å². The predicted octanol–water partition coefficient (Wildman–Crippen LogP) is 3.63. The molecule has 3 aromatic rings. The SMILES string of the molecule is Cc1sc2nc(-c3ccc(C(=O)OC(C)C#N)cc3)nc(N)c2c1C. The molecule has 2 heterocycles. The molecule has 0 saturated heterocycles. The highest BCUT2D eigenvalue weighted by Gasteiger charge is 2.15. The van der Waals surface area contributed by atoms with Crippen LogP contribution in [0.3, 0.4) is 0 Å². The summed E-state index contributed by atoms with van der Waals surface area (Å²) in [5, 5.41) is 9.60. The van der Waals surface area contributed by atoms with E-state index in [1.54, 1.807) is 35.6 Å². The number of benzene rings is 1. The molecule has 0 fully saturated rings. The highest BCUT2D eigenvalue weighted by molar-refractivity contribution is 7.18. The third-order valence-corrected chi connectivity index (χ3v) is 5.00. The predicted molar refractivity (Wildman–Crippen MR) is 97.2 cm³/mol. The maximum Gasteiger partial charge on any atom is 0.339 e. The molecule has 126 valence electrons. The smallest absolute Gasteiger partial charge is 0.339 e. The quantitative estimate of drug-likeness (QED) is 0.722. The number of nitrogens with two attached hydrogens (primary N) is 1. The van der Waals surface area contributed by atoms with Gasteiger partial charge in [-0.3, -0.25) is 0 Å². The molecular formula is C18H16N4O2S. The average Bonchev–Trinajstić information content (AvgIpc) is 2.89. The summed E-state index contributed by atoms with van der Waals surface area (Å²) in [7, 11) is 0. The standard InChI is InChI=1S/C18H16N4O2S/c1-9(8-19)24-18(23)13-6-4-12(5-7-13)16-21-15(20)14-10(2)11(3)25-17(14)22-16/h4-7,9H,1-3H3,(H2,20,21,22). The minimum absolute atomic E-state index is 0.364. The van der Waals surface area contributed by atoms with Crippen LogP contribution in [0.1, 0.15) is 27.7 Å². The van der Waals surface area contributed by atoms with E-state index in [0.29, 0.717) is 17.2 Å². The Kier molecular flexibility index (Phi) is 4.38. The van der Waals surface area contributed by atoms with E-state index in [9.17, 15) is 4.79 Å². The molecule has 3 rings (SSSR count). The molecule has 0 aliphatic carbocycles. The van der Waals surface area contributed by atoms with E-state index < -0.39 is 12.1 Å². The third-order valence-electron chi connectivity index (χ3n) is 3.90. The Hall–Kier alpha value is -2.98. The monoisotopic (exact) mass is 352 g/mol. The van der Waals surface area contributed by atoms with Crippen LogP contribution in [0.15, 0.2) is 24.3 Å². The number of hydrogen-bond donors (Lipinski definition) is 1. The minimum Gasteiger partial charge on any atom is -0.444 e. The largest absolute Gasteiger partial charge is 0.444 e. The van der Waals surface area contributed by atoms with Crippen LogP contribution < -0.4 is 5.73 Å². The van der Waals surface area contributed by atoms with Gasteiger partial charge in [-0.15, -0.1) is 11.3 Å². The van der Waals surface area contributed by atoms with Crippen molar-refractivity contribution in [2.45, 2.75) is 26.9 Å². The fourth-order valence-corrected chi connectivity index (χ4v) is 3.46. The van der Waals surface area contributed by atoms with Gasteiger partial charge in [-0.2, -0.15) is 5.26 Å². The van der Waals surface area contributed by atoms with Crippen LogP contribution in [0, 0.1) is 25.2 Å². The van der Waals surface area contributed by atoms with Crippen molar-refractivity contribution in [2.24, 2.45) is 0 Å². The van der Waals surface area contributed by atoms with Gasteiger partial charge < -0.3 is 10.5 Å². The number of thiophene rings is 1. The van der Waals surface area contributed by atoms with Crippen molar-refractivity contribution in [2.75, 3.05) is 5.73 Å². The zero-order valence-corrected chi connectivity index (χ0v) is 14.8. The maximum atomic E-state index is 11.9. The van der Waals surface area contributed by atoms with Gasteiger partial charge in [0.15, 0.2) is 11.9 Å². The molecule has 6 nitrogen and oxygen atoms in total. The molecule has 0 spiro atoms. The first kappa shape index (κ1) is 16.9. The second-order valence-corrected chi connectivity index (χ2v) is 6.85. The number of nitrogen functional groups attached to an aromatic ring is 1. The molecule has 2 aromatic heterocycles. The molecule has 0 aliphatic heterocycles. The second kappa shape index (κ2) is 6.49. The van der Waals surface area contributed by atoms with Gasteiger partial charge in [-0.05, 0) is 38.5 Å². The summed E-state index contributed by atoms with van der Waals surface area (Å²) in [6, 6.07) is 8.57. The van der Waals surface area contributed by atoms with Crippen molar-refractivity contribution in [1.29, 1.82) is 5.26 Å². The molecule has 7 heteroatoms. The normalized spacial score (nSPS) is 11.9. The lowest BCUT2D eigenvalue weighted by atomic mass is 10.1. The van der Waals surface area contributed by atoms with Crippen LogP contribution in [0.25, 0.3) is 21.6 Å². The van der Waals surface area contributed by atoms with Crippen molar-refractivity contribution < 1.29 is 9.53 Å². The van der Waals surface area contributed by atoms with E-state index >= 15 is 0 Å². The number of nitrogens with zero attached hydrogens (tertiary/aromatic N) is 3. The zero-order chi connectivity index (χ0) is 18.1. The van der Waals surface area contributed by atoms with Crippen LogP contribution in [0.2, 0.25) is 0 Å². The molecule has 0 saturated carbocycles. The number of nitriles is 1. The molecule has 1 aromatic carbocycles. The van der Waals surface area contributed by atoms with Crippen LogP contribution in [-0.4, -0.2) is 22.0 Å². The molecule has 0 bridgehead atoms. The third kappa shape index (κ3) is 3.16. The summed E-state index contributed by atoms with van der Waals surface area (Å²) >= 11 is 1.58. The van der Waals surface area contributed by atoms with Gasteiger partial charge in [0, 0.05) is 10.4 Å². The molecule has 2 N–H and O–H groups in total. The van der Waals surface area contributed by atoms with E-state index in [-0.39, 0.29) is 0 Å². The van der Waals surface area contributed by atoms with Gasteiger partial charge in [0.05, 0.1) is 10.9 Å². The lowest BCUT2D eigenvalue weighted by Gasteiger charge is -2.07. The molecule has 0 radical (unpaired) electrons. The molecule has 1 unspecified atom stereocenters. The van der Waals surface area contributed by atoms with E-state index in [2.05, 4.69) is 9.97 Å². The number of ether oxygens (including phenoxy) is 1. The number of aromatic nitrogens is 2. The fraction of sp³-hybridized carbons (Fsp3) is 0.222. The Balaban J connectivity index is 1.94. The number of esters is 1. The van der Waals surface area contributed by atoms with Gasteiger partial charge >= 0.3 is 5.97 Å². The Morgan fingerprint density at radius 2 is 1.96 bits per heavy atom. The van der Waals surface area contributed by atoms with E-state index in [0.717, 1.165) is 26.2 Å². The lowest BCUT2D eigenvalue weighted by Crippen LogP contribution is -2.12. The van der Waals surface area contributed by atoms with Crippen LogP contribution >= 0.6 is 11.3 Å². The van der Waals surface area contributed by atoms with Gasteiger partial charge in [0.2, 0.25) is 0 Å². The van der Waals surface area contributed by atoms with Crippen molar-refractivity contribution >= 4 is 33.3 Å². The number of aryl methyl sites for hydroxylation is 2. The van der Waals surface area contributed by atoms with E-state index in [1.807, 2.05) is 19.9 Å². The number of anilines is 1. The Morgan fingerprint density at radius 1 is 1.28 bits per heavy atom. The van der Waals surface area contributed by atoms with Crippen molar-refractivity contribution in [3.8, 4) is 17.5 Å². The number of carbonyl (C=O) groups is 1. The first-order valence-electron chi connectivity index (χ1n) is 7.65. The first-order chi connectivity index (χ1) is 11.9. The average molecular weight is 352 g/mol. The first-order valence-corrected chi connectivity index (χ1v) is 8.46. The molecule has 25 heavy (non-hydrogen) atoms. The fourth-order valence-electron chi connectivity index (χ4n) is 2.42. The topological polar surface area (TPSA) is 102 Å². The zero-order valence-electron chi connectivity index (χ0n) is 14.0. The highest BCUT2D eigenvalue weighted by Crippen LogP contribution is 2.33. The van der Waals surface area contributed by atoms with Gasteiger partial charge in [0.1, 0.15) is 16.7 Å². The summed E-state index contributed by atoms with van der Waals surface area (Å²) in [6.07, 6.45) is -0.789. The highest BCUT2D eigenvalue weighted by atomic mass is 32.1. The number of rotatable bonds is 3. The molecule has 0 aliphatic rings. The Bertz CT molecular complexity index is 1000. The second-order valence-electron chi connectivity index (χ2n) is 5.65. The number of fused-ring (bicyclic) bond motifs is 1. The Morgan fingerprint density at radius 3 is 2.60 bits per heavy atom. The molecular weight excluding hydrogens is 336 g/mol. The molecule has 0 amide bonds. The van der Waals surface area contributed by atoms with Crippen LogP contribution in [0.5, 0.6) is 0 Å². The Labute approximate surface area is 148 Å². The van der Waals surface area contributed by atoms with E-state index in [1.165, 1.54) is 6.92 Å².